The fourth-order valence-corrected chi connectivity index (χ4v) is 2.47. The van der Waals surface area contributed by atoms with Crippen LogP contribution in [0.5, 0.6) is 0 Å². The van der Waals surface area contributed by atoms with E-state index in [0.717, 1.165) is 19.6 Å². The van der Waals surface area contributed by atoms with Crippen molar-refractivity contribution in [3.05, 3.63) is 24.3 Å². The second-order valence-corrected chi connectivity index (χ2v) is 4.11. The molecule has 0 aliphatic carbocycles. The molecule has 1 aromatic carbocycles. The van der Waals surface area contributed by atoms with Crippen LogP contribution in [0, 0.1) is 0 Å². The van der Waals surface area contributed by atoms with Crippen LogP contribution < -0.4 is 9.88 Å². The number of hydrogen-bond acceptors (Lipinski definition) is 1. The number of anilines is 1. The summed E-state index contributed by atoms with van der Waals surface area (Å²) in [5, 5.41) is 3.41. The van der Waals surface area contributed by atoms with Crippen molar-refractivity contribution in [2.45, 2.75) is 13.1 Å². The molecule has 1 aliphatic heterocycles. The Bertz CT molecular complexity index is 504. The van der Waals surface area contributed by atoms with E-state index < -0.39 is 0 Å². The molecule has 15 heavy (non-hydrogen) atoms. The van der Waals surface area contributed by atoms with Crippen molar-refractivity contribution in [3.63, 3.8) is 0 Å². The number of aromatic nitrogens is 2. The van der Waals surface area contributed by atoms with E-state index in [-0.39, 0.29) is 0 Å². The lowest BCUT2D eigenvalue weighted by molar-refractivity contribution is -0.644. The number of imidazole rings is 1. The standard InChI is InChI=1S/C11H12ClN3/c12-5-7-14-9-3-1-2-4-10(9)15-8-6-13-11(14)15/h1-4H,5-8H2/p+1. The Morgan fingerprint density at radius 3 is 3.13 bits per heavy atom. The average molecular weight is 223 g/mol. The number of benzene rings is 1. The van der Waals surface area contributed by atoms with Crippen molar-refractivity contribution in [1.29, 1.82) is 0 Å². The topological polar surface area (TPSA) is 20.8 Å². The van der Waals surface area contributed by atoms with Crippen molar-refractivity contribution >= 4 is 28.6 Å². The highest BCUT2D eigenvalue weighted by Crippen LogP contribution is 2.20. The molecule has 0 saturated carbocycles. The summed E-state index contributed by atoms with van der Waals surface area (Å²) in [5.74, 6) is 1.84. The highest BCUT2D eigenvalue weighted by atomic mass is 35.5. The normalized spacial score (nSPS) is 14.2. The molecular weight excluding hydrogens is 210 g/mol. The third-order valence-electron chi connectivity index (χ3n) is 2.90. The Kier molecular flexibility index (Phi) is 2.06. The van der Waals surface area contributed by atoms with Gasteiger partial charge in [0.15, 0.2) is 0 Å². The van der Waals surface area contributed by atoms with Crippen LogP contribution in [0.3, 0.4) is 0 Å². The van der Waals surface area contributed by atoms with Crippen LogP contribution in [0.1, 0.15) is 0 Å². The predicted octanol–water partition coefficient (Wildman–Crippen LogP) is 1.59. The third kappa shape index (κ3) is 1.23. The van der Waals surface area contributed by atoms with E-state index in [1.165, 1.54) is 17.0 Å². The Morgan fingerprint density at radius 2 is 2.27 bits per heavy atom. The molecule has 0 bridgehead atoms. The van der Waals surface area contributed by atoms with E-state index in [9.17, 15) is 0 Å². The summed E-state index contributed by atoms with van der Waals surface area (Å²) in [7, 11) is 0. The number of para-hydroxylation sites is 2. The van der Waals surface area contributed by atoms with Crippen LogP contribution in [-0.2, 0) is 13.1 Å². The minimum atomic E-state index is 0.646. The number of nitrogens with one attached hydrogen (secondary N) is 1. The van der Waals surface area contributed by atoms with Crippen LogP contribution in [-0.4, -0.2) is 17.0 Å². The van der Waals surface area contributed by atoms with E-state index >= 15 is 0 Å². The molecule has 0 amide bonds. The maximum atomic E-state index is 5.84. The van der Waals surface area contributed by atoms with E-state index in [2.05, 4.69) is 38.7 Å². The quantitative estimate of drug-likeness (QED) is 0.605. The van der Waals surface area contributed by atoms with Gasteiger partial charge in [-0.2, -0.15) is 0 Å². The minimum Gasteiger partial charge on any atom is -0.274 e. The van der Waals surface area contributed by atoms with Crippen molar-refractivity contribution in [1.82, 2.24) is 4.57 Å². The number of nitrogens with zero attached hydrogens (tertiary/aromatic N) is 2. The molecule has 78 valence electrons. The highest BCUT2D eigenvalue weighted by Gasteiger charge is 2.26. The monoisotopic (exact) mass is 222 g/mol. The lowest BCUT2D eigenvalue weighted by atomic mass is 10.3. The smallest absolute Gasteiger partial charge is 0.274 e. The molecule has 2 aromatic rings. The lowest BCUT2D eigenvalue weighted by Crippen LogP contribution is -2.29. The van der Waals surface area contributed by atoms with E-state index in [0.29, 0.717) is 5.88 Å². The van der Waals surface area contributed by atoms with Gasteiger partial charge in [-0.05, 0) is 12.1 Å². The lowest BCUT2D eigenvalue weighted by Gasteiger charge is -1.97. The molecular formula is C11H13ClN3+. The van der Waals surface area contributed by atoms with Crippen molar-refractivity contribution in [2.24, 2.45) is 0 Å². The third-order valence-corrected chi connectivity index (χ3v) is 3.07. The molecule has 3 rings (SSSR count). The Labute approximate surface area is 93.3 Å². The molecule has 1 aliphatic rings. The first kappa shape index (κ1) is 9.04. The van der Waals surface area contributed by atoms with Crippen molar-refractivity contribution < 1.29 is 4.57 Å². The number of aryl methyl sites for hydroxylation is 1. The molecule has 2 heterocycles. The van der Waals surface area contributed by atoms with Gasteiger partial charge >= 0.3 is 5.95 Å². The van der Waals surface area contributed by atoms with Gasteiger partial charge in [-0.15, -0.1) is 11.6 Å². The number of alkyl halides is 1. The molecule has 0 saturated heterocycles. The molecule has 0 unspecified atom stereocenters. The first-order valence-electron chi connectivity index (χ1n) is 5.23. The SMILES string of the molecule is ClCCn1c2[n+](c3ccccc31)CCN2. The van der Waals surface area contributed by atoms with Gasteiger partial charge in [-0.1, -0.05) is 12.1 Å². The number of halogens is 1. The largest absolute Gasteiger partial charge is 0.358 e. The van der Waals surface area contributed by atoms with Crippen LogP contribution in [0.25, 0.3) is 11.0 Å². The maximum Gasteiger partial charge on any atom is 0.358 e. The summed E-state index contributed by atoms with van der Waals surface area (Å²) in [6.07, 6.45) is 0. The molecule has 0 spiro atoms. The zero-order valence-electron chi connectivity index (χ0n) is 8.41. The fraction of sp³-hybridized carbons (Fsp3) is 0.364. The maximum absolute atomic E-state index is 5.84. The second kappa shape index (κ2) is 3.42. The zero-order valence-corrected chi connectivity index (χ0v) is 9.17. The molecule has 1 N–H and O–H groups in total. The summed E-state index contributed by atoms with van der Waals surface area (Å²) >= 11 is 5.84. The number of hydrogen-bond donors (Lipinski definition) is 1. The molecule has 0 atom stereocenters. The summed E-state index contributed by atoms with van der Waals surface area (Å²) < 4.78 is 4.58. The average Bonchev–Trinajstić information content (AvgIpc) is 2.82. The van der Waals surface area contributed by atoms with Gasteiger partial charge in [0, 0.05) is 0 Å². The van der Waals surface area contributed by atoms with Crippen LogP contribution in [0.4, 0.5) is 5.95 Å². The number of rotatable bonds is 2. The molecule has 0 fully saturated rings. The van der Waals surface area contributed by atoms with E-state index in [1.54, 1.807) is 0 Å². The van der Waals surface area contributed by atoms with Crippen molar-refractivity contribution in [3.8, 4) is 0 Å². The molecule has 1 aromatic heterocycles. The molecule has 3 nitrogen and oxygen atoms in total. The summed E-state index contributed by atoms with van der Waals surface area (Å²) in [6, 6.07) is 8.47. The zero-order chi connectivity index (χ0) is 10.3. The van der Waals surface area contributed by atoms with Gasteiger partial charge in [-0.3, -0.25) is 5.32 Å². The van der Waals surface area contributed by atoms with Gasteiger partial charge < -0.3 is 0 Å². The minimum absolute atomic E-state index is 0.646. The summed E-state index contributed by atoms with van der Waals surface area (Å²) in [5.41, 5.74) is 2.56. The summed E-state index contributed by atoms with van der Waals surface area (Å²) in [6.45, 7) is 2.92. The van der Waals surface area contributed by atoms with Gasteiger partial charge in [0.05, 0.1) is 19.0 Å². The fourth-order valence-electron chi connectivity index (χ4n) is 2.30. The van der Waals surface area contributed by atoms with E-state index in [1.807, 2.05) is 0 Å². The van der Waals surface area contributed by atoms with Gasteiger partial charge in [0.2, 0.25) is 0 Å². The van der Waals surface area contributed by atoms with Crippen LogP contribution in [0.2, 0.25) is 0 Å². The Morgan fingerprint density at radius 1 is 1.40 bits per heavy atom. The predicted molar refractivity (Wildman–Crippen MR) is 61.3 cm³/mol. The number of fused-ring (bicyclic) bond motifs is 3. The van der Waals surface area contributed by atoms with Crippen LogP contribution >= 0.6 is 11.6 Å². The van der Waals surface area contributed by atoms with Crippen molar-refractivity contribution in [2.75, 3.05) is 17.7 Å². The molecule has 0 radical (unpaired) electrons. The Hall–Kier alpha value is -1.22. The van der Waals surface area contributed by atoms with Gasteiger partial charge in [0.1, 0.15) is 17.6 Å². The van der Waals surface area contributed by atoms with E-state index in [4.69, 9.17) is 11.6 Å². The highest BCUT2D eigenvalue weighted by molar-refractivity contribution is 6.17. The van der Waals surface area contributed by atoms with Gasteiger partial charge in [0.25, 0.3) is 0 Å². The summed E-state index contributed by atoms with van der Waals surface area (Å²) in [4.78, 5) is 0. The van der Waals surface area contributed by atoms with Gasteiger partial charge in [-0.25, -0.2) is 9.13 Å². The Balaban J connectivity index is 2.31. The first-order valence-corrected chi connectivity index (χ1v) is 5.76. The van der Waals surface area contributed by atoms with Crippen LogP contribution in [0.15, 0.2) is 24.3 Å². The second-order valence-electron chi connectivity index (χ2n) is 3.73. The first-order chi connectivity index (χ1) is 7.42. The molecule has 4 heteroatoms.